The molecule has 1 aliphatic carbocycles. The van der Waals surface area contributed by atoms with E-state index in [1.807, 2.05) is 0 Å². The van der Waals surface area contributed by atoms with Crippen molar-refractivity contribution >= 4 is 0 Å². The summed E-state index contributed by atoms with van der Waals surface area (Å²) in [6.45, 7) is -0.0540. The van der Waals surface area contributed by atoms with Crippen LogP contribution in [0, 0.1) is 0 Å². The van der Waals surface area contributed by atoms with Crippen molar-refractivity contribution in [1.82, 2.24) is 9.78 Å². The second-order valence-corrected chi connectivity index (χ2v) is 4.71. The molecular weight excluding hydrogens is 245 g/mol. The maximum Gasteiger partial charge on any atom is 0.435 e. The Morgan fingerprint density at radius 2 is 2.00 bits per heavy atom. The van der Waals surface area contributed by atoms with Crippen molar-refractivity contribution < 1.29 is 17.9 Å². The maximum atomic E-state index is 12.8. The first-order valence-electron chi connectivity index (χ1n) is 6.16. The number of nitrogens with zero attached hydrogens (tertiary/aromatic N) is 2. The summed E-state index contributed by atoms with van der Waals surface area (Å²) in [6.07, 6.45) is 2.18. The van der Waals surface area contributed by atoms with E-state index in [1.165, 1.54) is 18.0 Å². The standard InChI is InChI=1S/C12H17F3N2O/c1-18-8-9-7-17(10-5-3-2-4-6-10)16-11(9)12(13,14)15/h7,10H,2-6,8H2,1H3. The number of aromatic nitrogens is 2. The Labute approximate surface area is 104 Å². The molecule has 3 nitrogen and oxygen atoms in total. The fourth-order valence-electron chi connectivity index (χ4n) is 2.46. The molecule has 0 aliphatic heterocycles. The van der Waals surface area contributed by atoms with Crippen LogP contribution in [0.3, 0.4) is 0 Å². The largest absolute Gasteiger partial charge is 0.435 e. The quantitative estimate of drug-likeness (QED) is 0.832. The molecule has 1 saturated carbocycles. The van der Waals surface area contributed by atoms with Crippen molar-refractivity contribution in [3.05, 3.63) is 17.5 Å². The van der Waals surface area contributed by atoms with Crippen LogP contribution in [0.1, 0.15) is 49.4 Å². The van der Waals surface area contributed by atoms with Crippen molar-refractivity contribution in [2.45, 2.75) is 50.9 Å². The molecule has 0 radical (unpaired) electrons. The van der Waals surface area contributed by atoms with E-state index in [0.29, 0.717) is 0 Å². The molecule has 18 heavy (non-hydrogen) atoms. The topological polar surface area (TPSA) is 27.1 Å². The van der Waals surface area contributed by atoms with Gasteiger partial charge in [0.1, 0.15) is 0 Å². The minimum absolute atomic E-state index is 0.0540. The molecular formula is C12H17F3N2O. The lowest BCUT2D eigenvalue weighted by Gasteiger charge is -2.21. The van der Waals surface area contributed by atoms with Crippen molar-refractivity contribution in [3.8, 4) is 0 Å². The van der Waals surface area contributed by atoms with Gasteiger partial charge in [-0.2, -0.15) is 18.3 Å². The highest BCUT2D eigenvalue weighted by Gasteiger charge is 2.37. The molecule has 0 N–H and O–H groups in total. The van der Waals surface area contributed by atoms with E-state index in [2.05, 4.69) is 5.10 Å². The van der Waals surface area contributed by atoms with Gasteiger partial charge in [0, 0.05) is 18.9 Å². The third-order valence-electron chi connectivity index (χ3n) is 3.32. The molecule has 0 amide bonds. The smallest absolute Gasteiger partial charge is 0.380 e. The molecule has 102 valence electrons. The lowest BCUT2D eigenvalue weighted by Crippen LogP contribution is -2.15. The average molecular weight is 262 g/mol. The summed E-state index contributed by atoms with van der Waals surface area (Å²) in [5.41, 5.74) is -0.689. The molecule has 0 spiro atoms. The molecule has 1 aliphatic rings. The summed E-state index contributed by atoms with van der Waals surface area (Å²) in [4.78, 5) is 0. The predicted molar refractivity (Wildman–Crippen MR) is 60.1 cm³/mol. The fraction of sp³-hybridized carbons (Fsp3) is 0.750. The van der Waals surface area contributed by atoms with Crippen LogP contribution in [0.2, 0.25) is 0 Å². The number of rotatable bonds is 3. The third-order valence-corrected chi connectivity index (χ3v) is 3.32. The van der Waals surface area contributed by atoms with Gasteiger partial charge in [-0.25, -0.2) is 0 Å². The van der Waals surface area contributed by atoms with Gasteiger partial charge in [0.25, 0.3) is 0 Å². The summed E-state index contributed by atoms with van der Waals surface area (Å²) in [5, 5.41) is 3.74. The first-order valence-corrected chi connectivity index (χ1v) is 6.16. The molecule has 6 heteroatoms. The zero-order chi connectivity index (χ0) is 13.2. The normalized spacial score (nSPS) is 18.2. The van der Waals surface area contributed by atoms with Crippen LogP contribution >= 0.6 is 0 Å². The Hall–Kier alpha value is -1.04. The number of ether oxygens (including phenoxy) is 1. The number of methoxy groups -OCH3 is 1. The van der Waals surface area contributed by atoms with Gasteiger partial charge in [-0.1, -0.05) is 19.3 Å². The number of hydrogen-bond donors (Lipinski definition) is 0. The second kappa shape index (κ2) is 5.30. The highest BCUT2D eigenvalue weighted by molar-refractivity contribution is 5.19. The molecule has 0 atom stereocenters. The van der Waals surface area contributed by atoms with E-state index in [9.17, 15) is 13.2 Å². The lowest BCUT2D eigenvalue weighted by molar-refractivity contribution is -0.142. The van der Waals surface area contributed by atoms with Gasteiger partial charge in [-0.3, -0.25) is 4.68 Å². The van der Waals surface area contributed by atoms with E-state index in [-0.39, 0.29) is 18.2 Å². The Kier molecular flexibility index (Phi) is 3.94. The van der Waals surface area contributed by atoms with Crippen LogP contribution in [0.25, 0.3) is 0 Å². The van der Waals surface area contributed by atoms with Gasteiger partial charge >= 0.3 is 6.18 Å². The van der Waals surface area contributed by atoms with Crippen LogP contribution in [-0.4, -0.2) is 16.9 Å². The molecule has 1 fully saturated rings. The van der Waals surface area contributed by atoms with Crippen LogP contribution in [0.15, 0.2) is 6.20 Å². The van der Waals surface area contributed by atoms with Gasteiger partial charge in [0.2, 0.25) is 0 Å². The first-order chi connectivity index (χ1) is 8.52. The van der Waals surface area contributed by atoms with E-state index in [4.69, 9.17) is 4.74 Å². The zero-order valence-corrected chi connectivity index (χ0v) is 10.3. The van der Waals surface area contributed by atoms with Gasteiger partial charge < -0.3 is 4.74 Å². The van der Waals surface area contributed by atoms with Crippen LogP contribution in [-0.2, 0) is 17.5 Å². The van der Waals surface area contributed by atoms with Gasteiger partial charge in [0.15, 0.2) is 5.69 Å². The highest BCUT2D eigenvalue weighted by atomic mass is 19.4. The number of alkyl halides is 3. The van der Waals surface area contributed by atoms with Gasteiger partial charge in [-0.15, -0.1) is 0 Å². The molecule has 1 aromatic heterocycles. The highest BCUT2D eigenvalue weighted by Crippen LogP contribution is 2.34. The Balaban J connectivity index is 2.26. The molecule has 0 unspecified atom stereocenters. The molecule has 2 rings (SSSR count). The summed E-state index contributed by atoms with van der Waals surface area (Å²) < 4.78 is 44.8. The van der Waals surface area contributed by atoms with Crippen LogP contribution in [0.4, 0.5) is 13.2 Å². The van der Waals surface area contributed by atoms with E-state index >= 15 is 0 Å². The van der Waals surface area contributed by atoms with Crippen molar-refractivity contribution in [2.75, 3.05) is 7.11 Å². The molecule has 0 saturated heterocycles. The summed E-state index contributed by atoms with van der Waals surface area (Å²) in [5.74, 6) is 0. The molecule has 0 aromatic carbocycles. The van der Waals surface area contributed by atoms with Crippen LogP contribution in [0.5, 0.6) is 0 Å². The maximum absolute atomic E-state index is 12.8. The zero-order valence-electron chi connectivity index (χ0n) is 10.3. The SMILES string of the molecule is COCc1cn(C2CCCCC2)nc1C(F)(F)F. The van der Waals surface area contributed by atoms with Gasteiger partial charge in [0.05, 0.1) is 12.6 Å². The lowest BCUT2D eigenvalue weighted by atomic mass is 9.96. The van der Waals surface area contributed by atoms with Crippen molar-refractivity contribution in [3.63, 3.8) is 0 Å². The molecule has 1 heterocycles. The van der Waals surface area contributed by atoms with Crippen LogP contribution < -0.4 is 0 Å². The van der Waals surface area contributed by atoms with E-state index < -0.39 is 11.9 Å². The van der Waals surface area contributed by atoms with Crippen molar-refractivity contribution in [2.24, 2.45) is 0 Å². The fourth-order valence-corrected chi connectivity index (χ4v) is 2.46. The first kappa shape index (κ1) is 13.4. The van der Waals surface area contributed by atoms with E-state index in [0.717, 1.165) is 32.1 Å². The van der Waals surface area contributed by atoms with Crippen molar-refractivity contribution in [1.29, 1.82) is 0 Å². The predicted octanol–water partition coefficient (Wildman–Crippen LogP) is 3.55. The Morgan fingerprint density at radius 1 is 1.33 bits per heavy atom. The minimum atomic E-state index is -4.41. The Bertz CT molecular complexity index is 395. The molecule has 1 aromatic rings. The minimum Gasteiger partial charge on any atom is -0.380 e. The Morgan fingerprint density at radius 3 is 2.56 bits per heavy atom. The number of hydrogen-bond acceptors (Lipinski definition) is 2. The summed E-state index contributed by atoms with van der Waals surface area (Å²) in [7, 11) is 1.39. The average Bonchev–Trinajstić information content (AvgIpc) is 2.75. The summed E-state index contributed by atoms with van der Waals surface area (Å²) >= 11 is 0. The number of halogens is 3. The summed E-state index contributed by atoms with van der Waals surface area (Å²) in [6, 6.07) is 0.102. The van der Waals surface area contributed by atoms with Gasteiger partial charge in [-0.05, 0) is 12.8 Å². The second-order valence-electron chi connectivity index (χ2n) is 4.71. The molecule has 0 bridgehead atoms. The third kappa shape index (κ3) is 2.85. The van der Waals surface area contributed by atoms with E-state index in [1.54, 1.807) is 0 Å². The monoisotopic (exact) mass is 262 g/mol.